The zero-order valence-corrected chi connectivity index (χ0v) is 12.8. The van der Waals surface area contributed by atoms with Crippen molar-refractivity contribution in [2.75, 3.05) is 13.6 Å². The van der Waals surface area contributed by atoms with Crippen LogP contribution in [-0.2, 0) is 6.54 Å². The van der Waals surface area contributed by atoms with Crippen LogP contribution in [0.5, 0.6) is 0 Å². The Morgan fingerprint density at radius 1 is 1.32 bits per heavy atom. The topological polar surface area (TPSA) is 49.6 Å². The molecule has 0 aliphatic rings. The van der Waals surface area contributed by atoms with E-state index < -0.39 is 0 Å². The van der Waals surface area contributed by atoms with Gasteiger partial charge in [0.2, 0.25) is 0 Å². The van der Waals surface area contributed by atoms with Crippen LogP contribution in [-0.4, -0.2) is 19.6 Å². The molecule has 0 aromatic carbocycles. The van der Waals surface area contributed by atoms with Gasteiger partial charge in [0.05, 0.1) is 0 Å². The maximum atomic E-state index is 5.51. The first-order valence-electron chi connectivity index (χ1n) is 7.03. The summed E-state index contributed by atoms with van der Waals surface area (Å²) in [5.74, 6) is 3.53. The third-order valence-electron chi connectivity index (χ3n) is 3.06. The quantitative estimate of drug-likeness (QED) is 0.472. The lowest BCUT2D eigenvalue weighted by molar-refractivity contribution is 0.500. The Labute approximate surface area is 116 Å². The van der Waals surface area contributed by atoms with Crippen LogP contribution >= 0.6 is 0 Å². The normalized spacial score (nSPS) is 12.0. The van der Waals surface area contributed by atoms with Crippen LogP contribution in [0.1, 0.15) is 43.8 Å². The molecule has 1 heterocycles. The maximum Gasteiger partial charge on any atom is 0.191 e. The Morgan fingerprint density at radius 2 is 2.05 bits per heavy atom. The van der Waals surface area contributed by atoms with Crippen molar-refractivity contribution >= 4 is 5.96 Å². The first-order valence-corrected chi connectivity index (χ1v) is 7.03. The van der Waals surface area contributed by atoms with E-state index in [0.717, 1.165) is 36.5 Å². The van der Waals surface area contributed by atoms with Gasteiger partial charge in [-0.1, -0.05) is 13.8 Å². The van der Waals surface area contributed by atoms with Gasteiger partial charge in [0.15, 0.2) is 5.96 Å². The minimum absolute atomic E-state index is 0.743. The number of nitrogens with one attached hydrogen (secondary N) is 2. The average molecular weight is 265 g/mol. The van der Waals surface area contributed by atoms with E-state index >= 15 is 0 Å². The van der Waals surface area contributed by atoms with Crippen molar-refractivity contribution in [3.63, 3.8) is 0 Å². The van der Waals surface area contributed by atoms with E-state index in [-0.39, 0.29) is 0 Å². The third kappa shape index (κ3) is 5.81. The fourth-order valence-corrected chi connectivity index (χ4v) is 1.98. The van der Waals surface area contributed by atoms with E-state index in [1.165, 1.54) is 18.4 Å². The lowest BCUT2D eigenvalue weighted by Crippen LogP contribution is -2.37. The number of nitrogens with zero attached hydrogens (tertiary/aromatic N) is 1. The van der Waals surface area contributed by atoms with E-state index in [4.69, 9.17) is 4.42 Å². The van der Waals surface area contributed by atoms with Crippen molar-refractivity contribution in [2.45, 2.75) is 47.1 Å². The minimum Gasteiger partial charge on any atom is -0.466 e. The molecule has 0 aliphatic heterocycles. The van der Waals surface area contributed by atoms with E-state index in [1.807, 2.05) is 13.8 Å². The van der Waals surface area contributed by atoms with Gasteiger partial charge in [-0.05, 0) is 38.7 Å². The van der Waals surface area contributed by atoms with E-state index in [9.17, 15) is 0 Å². The van der Waals surface area contributed by atoms with Crippen molar-refractivity contribution in [1.82, 2.24) is 10.6 Å². The molecule has 0 saturated heterocycles. The van der Waals surface area contributed by atoms with Gasteiger partial charge in [-0.15, -0.1) is 0 Å². The molecule has 0 aliphatic carbocycles. The maximum absolute atomic E-state index is 5.51. The van der Waals surface area contributed by atoms with Crippen LogP contribution in [0.15, 0.2) is 15.5 Å². The number of aryl methyl sites for hydroxylation is 2. The Hall–Kier alpha value is -1.45. The number of hydrogen-bond acceptors (Lipinski definition) is 2. The lowest BCUT2D eigenvalue weighted by Gasteiger charge is -2.12. The fraction of sp³-hybridized carbons (Fsp3) is 0.667. The molecule has 0 atom stereocenters. The molecule has 0 fully saturated rings. The molecule has 0 bridgehead atoms. The second kappa shape index (κ2) is 7.87. The molecule has 1 aromatic rings. The standard InChI is InChI=1S/C15H27N3O/c1-11(2)7-6-8-17-15(16-5)18-10-14-9-12(3)19-13(14)4/h9,11H,6-8,10H2,1-5H3,(H2,16,17,18). The van der Waals surface area contributed by atoms with Gasteiger partial charge >= 0.3 is 0 Å². The molecule has 4 heteroatoms. The monoisotopic (exact) mass is 265 g/mol. The van der Waals surface area contributed by atoms with Crippen LogP contribution in [0.2, 0.25) is 0 Å². The van der Waals surface area contributed by atoms with Crippen LogP contribution < -0.4 is 10.6 Å². The number of rotatable bonds is 6. The molecular weight excluding hydrogens is 238 g/mol. The van der Waals surface area contributed by atoms with E-state index in [0.29, 0.717) is 0 Å². The minimum atomic E-state index is 0.743. The van der Waals surface area contributed by atoms with Crippen molar-refractivity contribution in [1.29, 1.82) is 0 Å². The molecule has 1 rings (SSSR count). The highest BCUT2D eigenvalue weighted by molar-refractivity contribution is 5.79. The molecular formula is C15H27N3O. The molecule has 0 saturated carbocycles. The molecule has 19 heavy (non-hydrogen) atoms. The smallest absolute Gasteiger partial charge is 0.191 e. The van der Waals surface area contributed by atoms with Gasteiger partial charge < -0.3 is 15.1 Å². The Balaban J connectivity index is 2.31. The predicted molar refractivity (Wildman–Crippen MR) is 80.5 cm³/mol. The second-order valence-corrected chi connectivity index (χ2v) is 5.33. The second-order valence-electron chi connectivity index (χ2n) is 5.33. The summed E-state index contributed by atoms with van der Waals surface area (Å²) in [7, 11) is 1.80. The third-order valence-corrected chi connectivity index (χ3v) is 3.06. The number of furan rings is 1. The Morgan fingerprint density at radius 3 is 2.58 bits per heavy atom. The molecule has 0 spiro atoms. The first kappa shape index (κ1) is 15.6. The molecule has 1 aromatic heterocycles. The molecule has 2 N–H and O–H groups in total. The summed E-state index contributed by atoms with van der Waals surface area (Å²) >= 11 is 0. The fourth-order valence-electron chi connectivity index (χ4n) is 1.98. The van der Waals surface area contributed by atoms with Crippen LogP contribution in [0.4, 0.5) is 0 Å². The summed E-state index contributed by atoms with van der Waals surface area (Å²) in [5, 5.41) is 6.64. The average Bonchev–Trinajstić information content (AvgIpc) is 2.66. The molecule has 108 valence electrons. The predicted octanol–water partition coefficient (Wildman–Crippen LogP) is 3.00. The van der Waals surface area contributed by atoms with Gasteiger partial charge in [-0.2, -0.15) is 0 Å². The molecule has 0 radical (unpaired) electrons. The van der Waals surface area contributed by atoms with Gasteiger partial charge in [0.25, 0.3) is 0 Å². The van der Waals surface area contributed by atoms with Crippen LogP contribution in [0.3, 0.4) is 0 Å². The Bertz CT molecular complexity index is 408. The number of guanidine groups is 1. The zero-order valence-electron chi connectivity index (χ0n) is 12.8. The Kier molecular flexibility index (Phi) is 6.46. The summed E-state index contributed by atoms with van der Waals surface area (Å²) < 4.78 is 5.51. The SMILES string of the molecule is CN=C(NCCCC(C)C)NCc1cc(C)oc1C. The molecule has 4 nitrogen and oxygen atoms in total. The molecule has 0 unspecified atom stereocenters. The summed E-state index contributed by atoms with van der Waals surface area (Å²) in [4.78, 5) is 4.22. The number of aliphatic imine (C=N–C) groups is 1. The summed E-state index contributed by atoms with van der Waals surface area (Å²) in [6.07, 6.45) is 2.41. The van der Waals surface area contributed by atoms with Crippen molar-refractivity contribution in [3.05, 3.63) is 23.2 Å². The largest absolute Gasteiger partial charge is 0.466 e. The first-order chi connectivity index (χ1) is 9.02. The van der Waals surface area contributed by atoms with E-state index in [1.54, 1.807) is 7.05 Å². The van der Waals surface area contributed by atoms with Crippen molar-refractivity contribution in [2.24, 2.45) is 10.9 Å². The van der Waals surface area contributed by atoms with Gasteiger partial charge in [-0.3, -0.25) is 4.99 Å². The van der Waals surface area contributed by atoms with Gasteiger partial charge in [-0.25, -0.2) is 0 Å². The van der Waals surface area contributed by atoms with Crippen molar-refractivity contribution < 1.29 is 4.42 Å². The lowest BCUT2D eigenvalue weighted by atomic mass is 10.1. The van der Waals surface area contributed by atoms with Gasteiger partial charge in [0, 0.05) is 25.7 Å². The van der Waals surface area contributed by atoms with Crippen LogP contribution in [0.25, 0.3) is 0 Å². The highest BCUT2D eigenvalue weighted by atomic mass is 16.3. The summed E-state index contributed by atoms with van der Waals surface area (Å²) in [6, 6.07) is 2.06. The van der Waals surface area contributed by atoms with Gasteiger partial charge in [0.1, 0.15) is 11.5 Å². The highest BCUT2D eigenvalue weighted by Gasteiger charge is 2.05. The van der Waals surface area contributed by atoms with E-state index in [2.05, 4.69) is 35.5 Å². The summed E-state index contributed by atoms with van der Waals surface area (Å²) in [5.41, 5.74) is 1.18. The van der Waals surface area contributed by atoms with Crippen LogP contribution in [0, 0.1) is 19.8 Å². The summed E-state index contributed by atoms with van der Waals surface area (Å²) in [6.45, 7) is 10.2. The van der Waals surface area contributed by atoms with Crippen molar-refractivity contribution in [3.8, 4) is 0 Å². The number of hydrogen-bond donors (Lipinski definition) is 2. The molecule has 0 amide bonds. The zero-order chi connectivity index (χ0) is 14.3. The highest BCUT2D eigenvalue weighted by Crippen LogP contribution is 2.12.